The fourth-order valence-corrected chi connectivity index (χ4v) is 4.42. The Morgan fingerprint density at radius 2 is 1.57 bits per heavy atom. The normalized spacial score (nSPS) is 14.9. The number of carbonyl (C=O) groups excluding carboxylic acids is 1. The predicted molar refractivity (Wildman–Crippen MR) is 143 cm³/mol. The summed E-state index contributed by atoms with van der Waals surface area (Å²) in [7, 11) is 0. The van der Waals surface area contributed by atoms with Crippen LogP contribution in [0.3, 0.4) is 0 Å². The van der Waals surface area contributed by atoms with Crippen molar-refractivity contribution in [3.63, 3.8) is 0 Å². The van der Waals surface area contributed by atoms with E-state index in [9.17, 15) is 10.1 Å². The number of nitrogens with zero attached hydrogens (tertiary/aromatic N) is 4. The van der Waals surface area contributed by atoms with E-state index < -0.39 is 11.9 Å². The average Bonchev–Trinajstić information content (AvgIpc) is 2.96. The van der Waals surface area contributed by atoms with E-state index in [1.165, 1.54) is 10.5 Å². The van der Waals surface area contributed by atoms with Crippen LogP contribution < -0.4 is 9.80 Å². The fraction of sp³-hybridized carbons (Fsp3) is 0.200. The number of fused-ring (bicyclic) bond motifs is 1. The largest absolute Gasteiger partial charge is 0.460 e. The standard InChI is InChI=1S/C30H27N5O2/c31-21-25(30(36)37-22-24-11-5-2-6-12-24)28-29(33-27-14-8-7-13-26(27)32-28)35-19-17-34(18-20-35)16-15-23-9-3-1-4-10-23/h1-16,25H,17-20,22H2/p+1/b16-15+/t25-/m1/s1. The lowest BCUT2D eigenvalue weighted by atomic mass is 10.1. The number of nitriles is 1. The topological polar surface area (TPSA) is 83.5 Å². The van der Waals surface area contributed by atoms with Crippen LogP contribution in [0.2, 0.25) is 0 Å². The van der Waals surface area contributed by atoms with E-state index in [0.717, 1.165) is 37.3 Å². The molecule has 1 aliphatic rings. The van der Waals surface area contributed by atoms with E-state index in [2.05, 4.69) is 35.4 Å². The van der Waals surface area contributed by atoms with Gasteiger partial charge in [0, 0.05) is 0 Å². The maximum atomic E-state index is 13.0. The summed E-state index contributed by atoms with van der Waals surface area (Å²) < 4.78 is 5.52. The third kappa shape index (κ3) is 5.83. The van der Waals surface area contributed by atoms with E-state index in [1.807, 2.05) is 72.8 Å². The quantitative estimate of drug-likeness (QED) is 0.400. The number of nitrogens with one attached hydrogen (secondary N) is 1. The number of quaternary nitrogens is 1. The first-order valence-corrected chi connectivity index (χ1v) is 12.4. The molecule has 0 aliphatic carbocycles. The Labute approximate surface area is 216 Å². The molecular formula is C30H28N5O2+. The van der Waals surface area contributed by atoms with Gasteiger partial charge in [-0.25, -0.2) is 9.97 Å². The summed E-state index contributed by atoms with van der Waals surface area (Å²) in [5, 5.41) is 10.0. The molecule has 37 heavy (non-hydrogen) atoms. The highest BCUT2D eigenvalue weighted by molar-refractivity contribution is 5.85. The van der Waals surface area contributed by atoms with Crippen LogP contribution >= 0.6 is 0 Å². The zero-order chi connectivity index (χ0) is 25.5. The molecule has 2 heterocycles. The Hall–Kier alpha value is -4.54. The molecule has 1 aliphatic heterocycles. The summed E-state index contributed by atoms with van der Waals surface area (Å²) in [5.74, 6) is -1.21. The number of anilines is 1. The molecule has 7 heteroatoms. The molecule has 1 atom stereocenters. The molecule has 0 amide bonds. The monoisotopic (exact) mass is 490 g/mol. The number of hydrogen-bond acceptors (Lipinski definition) is 6. The Bertz CT molecular complexity index is 1430. The highest BCUT2D eigenvalue weighted by Gasteiger charge is 2.31. The van der Waals surface area contributed by atoms with Gasteiger partial charge in [0.1, 0.15) is 12.3 Å². The Balaban J connectivity index is 1.36. The van der Waals surface area contributed by atoms with Gasteiger partial charge in [-0.3, -0.25) is 4.79 Å². The molecule has 1 saturated heterocycles. The molecular weight excluding hydrogens is 462 g/mol. The van der Waals surface area contributed by atoms with E-state index >= 15 is 0 Å². The first-order chi connectivity index (χ1) is 18.2. The number of esters is 1. The summed E-state index contributed by atoms with van der Waals surface area (Å²) in [6.45, 7) is 3.29. The highest BCUT2D eigenvalue weighted by Crippen LogP contribution is 2.28. The number of ether oxygens (including phenoxy) is 1. The lowest BCUT2D eigenvalue weighted by Crippen LogP contribution is -3.10. The molecule has 0 radical (unpaired) electrons. The zero-order valence-corrected chi connectivity index (χ0v) is 20.5. The summed E-state index contributed by atoms with van der Waals surface area (Å²) in [6.07, 6.45) is 4.33. The minimum atomic E-state index is -1.17. The van der Waals surface area contributed by atoms with Crippen LogP contribution in [0.4, 0.5) is 5.82 Å². The smallest absolute Gasteiger partial charge is 0.330 e. The van der Waals surface area contributed by atoms with E-state index in [-0.39, 0.29) is 6.61 Å². The van der Waals surface area contributed by atoms with Crippen molar-refractivity contribution in [1.82, 2.24) is 9.97 Å². The van der Waals surface area contributed by atoms with Gasteiger partial charge in [-0.05, 0) is 29.3 Å². The first-order valence-electron chi connectivity index (χ1n) is 12.4. The summed E-state index contributed by atoms with van der Waals surface area (Å²) >= 11 is 0. The summed E-state index contributed by atoms with van der Waals surface area (Å²) in [5.41, 5.74) is 3.76. The molecule has 0 bridgehead atoms. The Morgan fingerprint density at radius 1 is 0.946 bits per heavy atom. The number of carbonyl (C=O) groups is 1. The predicted octanol–water partition coefficient (Wildman–Crippen LogP) is 3.36. The molecule has 4 aromatic rings. The van der Waals surface area contributed by atoms with Crippen molar-refractivity contribution in [2.75, 3.05) is 31.1 Å². The third-order valence-corrected chi connectivity index (χ3v) is 6.46. The van der Waals surface area contributed by atoms with Gasteiger partial charge in [0.25, 0.3) is 0 Å². The SMILES string of the molecule is N#C[C@@H](C(=O)OCc1ccccc1)c1nc2ccccc2nc1N1CC[NH+](/C=C/c2ccccc2)CC1. The number of rotatable bonds is 7. The highest BCUT2D eigenvalue weighted by atomic mass is 16.5. The zero-order valence-electron chi connectivity index (χ0n) is 20.5. The number of aromatic nitrogens is 2. The molecule has 1 aromatic heterocycles. The van der Waals surface area contributed by atoms with Crippen molar-refractivity contribution in [3.05, 3.63) is 108 Å². The fourth-order valence-electron chi connectivity index (χ4n) is 4.42. The van der Waals surface area contributed by atoms with Gasteiger partial charge in [-0.15, -0.1) is 0 Å². The van der Waals surface area contributed by atoms with Crippen LogP contribution in [0.25, 0.3) is 17.1 Å². The van der Waals surface area contributed by atoms with Crippen LogP contribution in [-0.2, 0) is 16.1 Å². The van der Waals surface area contributed by atoms with E-state index in [0.29, 0.717) is 17.0 Å². The second-order valence-corrected chi connectivity index (χ2v) is 8.97. The Kier molecular flexibility index (Phi) is 7.49. The van der Waals surface area contributed by atoms with Gasteiger partial charge >= 0.3 is 5.97 Å². The van der Waals surface area contributed by atoms with Crippen LogP contribution in [-0.4, -0.2) is 42.1 Å². The van der Waals surface area contributed by atoms with E-state index in [1.54, 1.807) is 0 Å². The molecule has 0 saturated carbocycles. The summed E-state index contributed by atoms with van der Waals surface area (Å²) in [4.78, 5) is 26.1. The number of para-hydroxylation sites is 2. The van der Waals surface area contributed by atoms with Crippen LogP contribution in [0.15, 0.2) is 91.1 Å². The van der Waals surface area contributed by atoms with Gasteiger partial charge in [0.05, 0.1) is 49.5 Å². The van der Waals surface area contributed by atoms with Crippen LogP contribution in [0, 0.1) is 11.3 Å². The molecule has 5 rings (SSSR count). The summed E-state index contributed by atoms with van der Waals surface area (Å²) in [6, 6.07) is 29.3. The molecule has 0 spiro atoms. The van der Waals surface area contributed by atoms with Crippen molar-refractivity contribution < 1.29 is 14.4 Å². The number of benzene rings is 3. The van der Waals surface area contributed by atoms with Gasteiger partial charge in [-0.2, -0.15) is 5.26 Å². The number of piperazine rings is 1. The van der Waals surface area contributed by atoms with Gasteiger partial charge in [0.2, 0.25) is 0 Å². The van der Waals surface area contributed by atoms with Gasteiger partial charge in [-0.1, -0.05) is 72.8 Å². The maximum Gasteiger partial charge on any atom is 0.330 e. The second-order valence-electron chi connectivity index (χ2n) is 8.97. The van der Waals surface area contributed by atoms with Gasteiger partial charge < -0.3 is 14.5 Å². The number of hydrogen-bond donors (Lipinski definition) is 1. The first kappa shape index (κ1) is 24.2. The van der Waals surface area contributed by atoms with Crippen molar-refractivity contribution in [2.24, 2.45) is 0 Å². The Morgan fingerprint density at radius 3 is 2.24 bits per heavy atom. The van der Waals surface area contributed by atoms with Gasteiger partial charge in [0.15, 0.2) is 11.7 Å². The minimum absolute atomic E-state index is 0.101. The molecule has 1 N–H and O–H groups in total. The van der Waals surface area contributed by atoms with Crippen molar-refractivity contribution in [3.8, 4) is 6.07 Å². The second kappa shape index (κ2) is 11.5. The van der Waals surface area contributed by atoms with Crippen molar-refractivity contribution in [1.29, 1.82) is 5.26 Å². The molecule has 184 valence electrons. The van der Waals surface area contributed by atoms with Crippen molar-refractivity contribution in [2.45, 2.75) is 12.5 Å². The van der Waals surface area contributed by atoms with E-state index in [4.69, 9.17) is 14.7 Å². The van der Waals surface area contributed by atoms with Crippen LogP contribution in [0.5, 0.6) is 0 Å². The molecule has 1 fully saturated rings. The van der Waals surface area contributed by atoms with Crippen LogP contribution in [0.1, 0.15) is 22.7 Å². The maximum absolute atomic E-state index is 13.0. The molecule has 0 unspecified atom stereocenters. The average molecular weight is 491 g/mol. The third-order valence-electron chi connectivity index (χ3n) is 6.46. The lowest BCUT2D eigenvalue weighted by Gasteiger charge is -2.32. The molecule has 3 aromatic carbocycles. The molecule has 7 nitrogen and oxygen atoms in total. The minimum Gasteiger partial charge on any atom is -0.460 e. The van der Waals surface area contributed by atoms with Crippen molar-refractivity contribution >= 4 is 28.9 Å². The lowest BCUT2D eigenvalue weighted by molar-refractivity contribution is -0.846.